The number of carbonyl (C=O) groups excluding carboxylic acids is 2. The van der Waals surface area contributed by atoms with Gasteiger partial charge in [-0.1, -0.05) is 0 Å². The highest BCUT2D eigenvalue weighted by Crippen LogP contribution is 2.35. The van der Waals surface area contributed by atoms with E-state index in [9.17, 15) is 22.8 Å². The number of ether oxygens (including phenoxy) is 3. The minimum Gasteiger partial charge on any atom is -0.465 e. The van der Waals surface area contributed by atoms with E-state index < -0.39 is 50.8 Å². The monoisotopic (exact) mass is 414 g/mol. The van der Waals surface area contributed by atoms with Gasteiger partial charge in [0, 0.05) is 0 Å². The zero-order valence-electron chi connectivity index (χ0n) is 13.7. The number of hydrogen-bond acceptors (Lipinski definition) is 8. The molecule has 0 rings (SSSR count). The van der Waals surface area contributed by atoms with Gasteiger partial charge in [-0.2, -0.15) is 23.7 Å². The summed E-state index contributed by atoms with van der Waals surface area (Å²) in [5.74, 6) is -3.55. The van der Waals surface area contributed by atoms with Gasteiger partial charge in [0.1, 0.15) is 6.54 Å². The van der Waals surface area contributed by atoms with Crippen LogP contribution >= 0.6 is 7.36 Å². The topological polar surface area (TPSA) is 113 Å². The Balaban J connectivity index is 5.88. The Labute approximate surface area is 154 Å². The zero-order valence-corrected chi connectivity index (χ0v) is 15.5. The molecule has 0 aromatic rings. The number of alkyl halides is 3. The second kappa shape index (κ2) is 11.7. The summed E-state index contributed by atoms with van der Waals surface area (Å²) in [5.41, 5.74) is -2.43. The summed E-state index contributed by atoms with van der Waals surface area (Å²) >= 11 is 4.82. The fourth-order valence-electron chi connectivity index (χ4n) is 1.58. The van der Waals surface area contributed by atoms with Crippen LogP contribution in [0.3, 0.4) is 0 Å². The van der Waals surface area contributed by atoms with Crippen LogP contribution in [0.25, 0.3) is 0 Å². The van der Waals surface area contributed by atoms with Gasteiger partial charge in [-0.25, -0.2) is 4.90 Å². The molecule has 0 saturated heterocycles. The van der Waals surface area contributed by atoms with Gasteiger partial charge in [-0.3, -0.25) is 19.1 Å². The molecular weight excluding hydrogens is 398 g/mol. The minimum absolute atomic E-state index is 0.00874. The number of rotatable bonds is 11. The average Bonchev–Trinajstić information content (AvgIpc) is 2.57. The number of nitrogens with zero attached hydrogens (tertiary/aromatic N) is 3. The fourth-order valence-corrected chi connectivity index (χ4v) is 2.88. The third kappa shape index (κ3) is 7.58. The number of amides is 1. The lowest BCUT2D eigenvalue weighted by Gasteiger charge is -2.33. The first-order valence-electron chi connectivity index (χ1n) is 7.14. The Kier molecular flexibility index (Phi) is 10.9. The van der Waals surface area contributed by atoms with Crippen molar-refractivity contribution >= 4 is 31.0 Å². The normalized spacial score (nSPS) is 11.5. The second-order valence-electron chi connectivity index (χ2n) is 4.39. The summed E-state index contributed by atoms with van der Waals surface area (Å²) in [4.78, 5) is 23.5. The molecule has 0 aromatic heterocycles. The van der Waals surface area contributed by atoms with E-state index in [1.807, 2.05) is 0 Å². The standard InChI is InChI=1S/C13H15F3N3O5PS/c1-2-22-10(20)9-19(11(21)12(14,15)16)13(25-26,23-7-3-5-17)24-8-4-6-18/h2-4,7-9H2,1H3/p+1. The quantitative estimate of drug-likeness (QED) is 0.217. The largest absolute Gasteiger partial charge is 0.471 e. The molecule has 144 valence electrons. The molecular formula is C13H16F3N3O5PS+. The molecule has 0 heterocycles. The molecule has 1 unspecified atom stereocenters. The van der Waals surface area contributed by atoms with E-state index in [1.54, 1.807) is 12.1 Å². The van der Waals surface area contributed by atoms with Crippen LogP contribution in [0, 0.1) is 22.7 Å². The Hall–Kier alpha value is -1.85. The zero-order chi connectivity index (χ0) is 20.2. The molecule has 0 spiro atoms. The van der Waals surface area contributed by atoms with Gasteiger partial charge in [0.05, 0.1) is 44.8 Å². The molecule has 0 aromatic carbocycles. The first-order valence-corrected chi connectivity index (χ1v) is 9.27. The number of hydrogen-bond donors (Lipinski definition) is 0. The molecule has 0 aliphatic rings. The van der Waals surface area contributed by atoms with Gasteiger partial charge in [0.15, 0.2) is 11.8 Å². The van der Waals surface area contributed by atoms with E-state index in [1.165, 1.54) is 6.92 Å². The van der Waals surface area contributed by atoms with Crippen molar-refractivity contribution in [3.05, 3.63) is 0 Å². The van der Waals surface area contributed by atoms with Crippen molar-refractivity contribution < 1.29 is 37.0 Å². The van der Waals surface area contributed by atoms with E-state index in [4.69, 9.17) is 31.8 Å². The Morgan fingerprint density at radius 2 is 1.65 bits per heavy atom. The predicted molar refractivity (Wildman–Crippen MR) is 85.2 cm³/mol. The van der Waals surface area contributed by atoms with E-state index >= 15 is 0 Å². The Bertz CT molecular complexity index is 571. The maximum Gasteiger partial charge on any atom is 0.471 e. The van der Waals surface area contributed by atoms with Crippen LogP contribution in [0.1, 0.15) is 19.8 Å². The summed E-state index contributed by atoms with van der Waals surface area (Å²) in [5, 5.41) is 17.1. The summed E-state index contributed by atoms with van der Waals surface area (Å²) in [6.45, 7) is -0.632. The highest BCUT2D eigenvalue weighted by atomic mass is 32.4. The van der Waals surface area contributed by atoms with Gasteiger partial charge in [0.2, 0.25) is 0 Å². The Morgan fingerprint density at radius 1 is 1.15 bits per heavy atom. The lowest BCUT2D eigenvalue weighted by molar-refractivity contribution is -0.265. The summed E-state index contributed by atoms with van der Waals surface area (Å²) in [6.07, 6.45) is -5.79. The molecule has 0 bridgehead atoms. The van der Waals surface area contributed by atoms with Crippen molar-refractivity contribution in [3.8, 4) is 12.1 Å². The smallest absolute Gasteiger partial charge is 0.465 e. The van der Waals surface area contributed by atoms with Crippen molar-refractivity contribution in [1.82, 2.24) is 4.90 Å². The third-order valence-electron chi connectivity index (χ3n) is 2.59. The highest BCUT2D eigenvalue weighted by Gasteiger charge is 2.57. The molecule has 0 N–H and O–H groups in total. The molecule has 13 heteroatoms. The maximum absolute atomic E-state index is 13.0. The van der Waals surface area contributed by atoms with Gasteiger partial charge in [-0.15, -0.1) is 0 Å². The van der Waals surface area contributed by atoms with Gasteiger partial charge >= 0.3 is 23.7 Å². The third-order valence-corrected chi connectivity index (χ3v) is 4.18. The highest BCUT2D eigenvalue weighted by molar-refractivity contribution is 7.96. The van der Waals surface area contributed by atoms with E-state index in [2.05, 4.69) is 4.74 Å². The molecule has 0 fully saturated rings. The molecule has 8 nitrogen and oxygen atoms in total. The van der Waals surface area contributed by atoms with Crippen LogP contribution in [0.4, 0.5) is 13.2 Å². The SMILES string of the molecule is CCOC(=O)CN(C(=O)C(F)(F)F)C(OCCC#N)(OCCC#N)[PH+]=S. The van der Waals surface area contributed by atoms with Gasteiger partial charge in [-0.05, 0) is 6.92 Å². The molecule has 1 atom stereocenters. The van der Waals surface area contributed by atoms with Crippen molar-refractivity contribution in [2.45, 2.75) is 31.6 Å². The second-order valence-corrected chi connectivity index (χ2v) is 5.84. The predicted octanol–water partition coefficient (Wildman–Crippen LogP) is 1.55. The number of halogens is 3. The molecule has 0 radical (unpaired) electrons. The maximum atomic E-state index is 13.0. The van der Waals surface area contributed by atoms with E-state index in [-0.39, 0.29) is 24.3 Å². The lowest BCUT2D eigenvalue weighted by atomic mass is 10.4. The molecule has 1 amide bonds. The number of nitriles is 2. The molecule has 0 aliphatic carbocycles. The summed E-state index contributed by atoms with van der Waals surface area (Å²) in [6, 6.07) is 3.42. The van der Waals surface area contributed by atoms with Crippen LogP contribution < -0.4 is 0 Å². The van der Waals surface area contributed by atoms with Crippen molar-refractivity contribution in [2.75, 3.05) is 26.4 Å². The number of carbonyl (C=O) groups is 2. The van der Waals surface area contributed by atoms with Crippen LogP contribution in [0.15, 0.2) is 0 Å². The summed E-state index contributed by atoms with van der Waals surface area (Å²) < 4.78 is 53.9. The van der Waals surface area contributed by atoms with E-state index in [0.29, 0.717) is 0 Å². The minimum atomic E-state index is -5.34. The first kappa shape index (κ1) is 24.1. The van der Waals surface area contributed by atoms with Crippen molar-refractivity contribution in [2.24, 2.45) is 0 Å². The fraction of sp³-hybridized carbons (Fsp3) is 0.692. The molecule has 26 heavy (non-hydrogen) atoms. The van der Waals surface area contributed by atoms with Crippen molar-refractivity contribution in [1.29, 1.82) is 10.5 Å². The van der Waals surface area contributed by atoms with Crippen LogP contribution in [-0.2, 0) is 35.6 Å². The van der Waals surface area contributed by atoms with Crippen LogP contribution in [0.2, 0.25) is 0 Å². The lowest BCUT2D eigenvalue weighted by Crippen LogP contribution is -2.57. The number of esters is 1. The summed E-state index contributed by atoms with van der Waals surface area (Å²) in [7, 11) is -0.987. The van der Waals surface area contributed by atoms with Crippen LogP contribution in [-0.4, -0.2) is 55.0 Å². The van der Waals surface area contributed by atoms with Gasteiger partial charge in [0.25, 0.3) is 7.36 Å². The van der Waals surface area contributed by atoms with Gasteiger partial charge < -0.3 is 4.74 Å². The van der Waals surface area contributed by atoms with Crippen molar-refractivity contribution in [3.63, 3.8) is 0 Å². The average molecular weight is 414 g/mol. The Morgan fingerprint density at radius 3 is 2.00 bits per heavy atom. The van der Waals surface area contributed by atoms with E-state index in [0.717, 1.165) is 0 Å². The van der Waals surface area contributed by atoms with Crippen LogP contribution in [0.5, 0.6) is 0 Å². The molecule has 0 saturated carbocycles. The molecule has 0 aliphatic heterocycles. The first-order chi connectivity index (χ1) is 12.2.